The molecule has 25 heavy (non-hydrogen) atoms. The van der Waals surface area contributed by atoms with Crippen molar-refractivity contribution in [1.29, 1.82) is 0 Å². The van der Waals surface area contributed by atoms with Crippen LogP contribution in [-0.4, -0.2) is 56.9 Å². The zero-order chi connectivity index (χ0) is 17.2. The zero-order valence-electron chi connectivity index (χ0n) is 13.3. The molecule has 1 aliphatic heterocycles. The van der Waals surface area contributed by atoms with Gasteiger partial charge in [-0.15, -0.1) is 10.2 Å². The topological polar surface area (TPSA) is 78.7 Å². The van der Waals surface area contributed by atoms with Crippen molar-refractivity contribution in [3.8, 4) is 0 Å². The molecule has 1 aromatic carbocycles. The summed E-state index contributed by atoms with van der Waals surface area (Å²) >= 11 is 0. The van der Waals surface area contributed by atoms with Crippen molar-refractivity contribution in [1.82, 2.24) is 24.7 Å². The van der Waals surface area contributed by atoms with Crippen molar-refractivity contribution in [2.75, 3.05) is 36.4 Å². The van der Waals surface area contributed by atoms with Gasteiger partial charge in [-0.05, 0) is 24.3 Å². The Bertz CT molecular complexity index is 887. The second-order valence-corrected chi connectivity index (χ2v) is 5.76. The van der Waals surface area contributed by atoms with Gasteiger partial charge in [0, 0.05) is 37.9 Å². The Morgan fingerprint density at radius 1 is 1.12 bits per heavy atom. The van der Waals surface area contributed by atoms with E-state index in [-0.39, 0.29) is 11.8 Å². The maximum absolute atomic E-state index is 12.9. The number of fused-ring (bicyclic) bond motifs is 1. The number of nitrogens with zero attached hydrogens (tertiary/aromatic N) is 6. The molecule has 0 aliphatic carbocycles. The Balaban J connectivity index is 1.37. The van der Waals surface area contributed by atoms with E-state index >= 15 is 0 Å². The van der Waals surface area contributed by atoms with Gasteiger partial charge in [0.25, 0.3) is 0 Å². The van der Waals surface area contributed by atoms with Crippen molar-refractivity contribution in [2.24, 2.45) is 0 Å². The molecule has 0 unspecified atom stereocenters. The van der Waals surface area contributed by atoms with E-state index in [0.717, 1.165) is 5.69 Å². The lowest BCUT2D eigenvalue weighted by atomic mass is 10.3. The molecule has 1 N–H and O–H groups in total. The molecule has 4 rings (SSSR count). The fraction of sp³-hybridized carbons (Fsp3) is 0.250. The Kier molecular flexibility index (Phi) is 3.88. The molecule has 0 atom stereocenters. The van der Waals surface area contributed by atoms with Gasteiger partial charge in [-0.1, -0.05) is 0 Å². The first-order valence-corrected chi connectivity index (χ1v) is 7.91. The Morgan fingerprint density at radius 2 is 1.88 bits per heavy atom. The number of carbonyl (C=O) groups is 1. The number of hydrogen-bond donors (Lipinski definition) is 1. The van der Waals surface area contributed by atoms with E-state index in [1.807, 2.05) is 6.07 Å². The van der Waals surface area contributed by atoms with E-state index in [2.05, 4.69) is 25.5 Å². The van der Waals surface area contributed by atoms with Crippen LogP contribution in [0.3, 0.4) is 0 Å². The van der Waals surface area contributed by atoms with Gasteiger partial charge in [0.1, 0.15) is 12.1 Å². The van der Waals surface area contributed by atoms with Crippen LogP contribution < -0.4 is 10.2 Å². The van der Waals surface area contributed by atoms with Gasteiger partial charge in [0.15, 0.2) is 5.65 Å². The van der Waals surface area contributed by atoms with E-state index in [1.165, 1.54) is 12.1 Å². The summed E-state index contributed by atoms with van der Waals surface area (Å²) in [5, 5.41) is 14.9. The summed E-state index contributed by atoms with van der Waals surface area (Å²) in [5.74, 6) is -0.329. The van der Waals surface area contributed by atoms with Gasteiger partial charge in [-0.25, -0.2) is 13.7 Å². The lowest BCUT2D eigenvalue weighted by Crippen LogP contribution is -2.50. The number of hydrogen-bond acceptors (Lipinski definition) is 5. The standard InChI is InChI=1S/C16H16FN7O/c17-12-1-3-13(4-2-12)20-16(25)23-7-5-22(6-8-23)14-9-15-21-18-11-24(15)19-10-14/h1-4,9-11H,5-8H2,(H,20,25). The first-order valence-electron chi connectivity index (χ1n) is 7.91. The van der Waals surface area contributed by atoms with E-state index in [4.69, 9.17) is 0 Å². The normalized spacial score (nSPS) is 14.8. The molecule has 1 aliphatic rings. The molecular weight excluding hydrogens is 325 g/mol. The third-order valence-electron chi connectivity index (χ3n) is 4.17. The monoisotopic (exact) mass is 341 g/mol. The van der Waals surface area contributed by atoms with Crippen molar-refractivity contribution in [3.05, 3.63) is 48.7 Å². The molecule has 8 nitrogen and oxygen atoms in total. The Morgan fingerprint density at radius 3 is 2.64 bits per heavy atom. The van der Waals surface area contributed by atoms with Crippen LogP contribution in [0.4, 0.5) is 20.6 Å². The largest absolute Gasteiger partial charge is 0.367 e. The average molecular weight is 341 g/mol. The smallest absolute Gasteiger partial charge is 0.321 e. The van der Waals surface area contributed by atoms with Crippen molar-refractivity contribution < 1.29 is 9.18 Å². The van der Waals surface area contributed by atoms with Crippen LogP contribution >= 0.6 is 0 Å². The highest BCUT2D eigenvalue weighted by atomic mass is 19.1. The number of aromatic nitrogens is 4. The molecule has 2 aromatic heterocycles. The summed E-state index contributed by atoms with van der Waals surface area (Å²) in [6.07, 6.45) is 3.32. The summed E-state index contributed by atoms with van der Waals surface area (Å²) in [6.45, 7) is 2.57. The summed E-state index contributed by atoms with van der Waals surface area (Å²) in [7, 11) is 0. The van der Waals surface area contributed by atoms with Gasteiger partial charge in [0.05, 0.1) is 11.9 Å². The SMILES string of the molecule is O=C(Nc1ccc(F)cc1)N1CCN(c2cnn3cnnc3c2)CC1. The highest BCUT2D eigenvalue weighted by molar-refractivity contribution is 5.89. The highest BCUT2D eigenvalue weighted by Crippen LogP contribution is 2.17. The summed E-state index contributed by atoms with van der Waals surface area (Å²) in [5.41, 5.74) is 2.23. The number of nitrogens with one attached hydrogen (secondary N) is 1. The summed E-state index contributed by atoms with van der Waals surface area (Å²) in [4.78, 5) is 16.2. The predicted molar refractivity (Wildman–Crippen MR) is 90.0 cm³/mol. The molecule has 9 heteroatoms. The second-order valence-electron chi connectivity index (χ2n) is 5.76. The third kappa shape index (κ3) is 3.21. The fourth-order valence-corrected chi connectivity index (χ4v) is 2.79. The lowest BCUT2D eigenvalue weighted by Gasteiger charge is -2.35. The molecule has 1 fully saturated rings. The molecule has 0 saturated carbocycles. The average Bonchev–Trinajstić information content (AvgIpc) is 3.11. The first kappa shape index (κ1) is 15.3. The van der Waals surface area contributed by atoms with Gasteiger partial charge in [-0.3, -0.25) is 0 Å². The van der Waals surface area contributed by atoms with Crippen LogP contribution in [0.25, 0.3) is 5.65 Å². The lowest BCUT2D eigenvalue weighted by molar-refractivity contribution is 0.208. The second kappa shape index (κ2) is 6.34. The summed E-state index contributed by atoms with van der Waals surface area (Å²) < 4.78 is 14.5. The number of anilines is 2. The Labute approximate surface area is 142 Å². The zero-order valence-corrected chi connectivity index (χ0v) is 13.3. The molecular formula is C16H16FN7O. The highest BCUT2D eigenvalue weighted by Gasteiger charge is 2.22. The molecule has 128 valence electrons. The minimum atomic E-state index is -0.329. The molecule has 1 saturated heterocycles. The van der Waals surface area contributed by atoms with Crippen molar-refractivity contribution in [2.45, 2.75) is 0 Å². The molecule has 0 radical (unpaired) electrons. The first-order chi connectivity index (χ1) is 12.2. The predicted octanol–water partition coefficient (Wildman–Crippen LogP) is 1.62. The van der Waals surface area contributed by atoms with Gasteiger partial charge in [-0.2, -0.15) is 5.10 Å². The van der Waals surface area contributed by atoms with Gasteiger partial charge >= 0.3 is 6.03 Å². The minimum absolute atomic E-state index is 0.183. The van der Waals surface area contributed by atoms with Gasteiger partial charge < -0.3 is 15.1 Å². The van der Waals surface area contributed by atoms with E-state index < -0.39 is 0 Å². The minimum Gasteiger partial charge on any atom is -0.367 e. The molecule has 0 bridgehead atoms. The van der Waals surface area contributed by atoms with Crippen molar-refractivity contribution >= 4 is 23.1 Å². The van der Waals surface area contributed by atoms with E-state index in [1.54, 1.807) is 34.1 Å². The number of piperazine rings is 1. The maximum Gasteiger partial charge on any atom is 0.321 e. The van der Waals surface area contributed by atoms with E-state index in [0.29, 0.717) is 37.5 Å². The number of benzene rings is 1. The Hall–Kier alpha value is -3.23. The third-order valence-corrected chi connectivity index (χ3v) is 4.17. The van der Waals surface area contributed by atoms with Crippen LogP contribution in [0.5, 0.6) is 0 Å². The van der Waals surface area contributed by atoms with Crippen LogP contribution in [0, 0.1) is 5.82 Å². The molecule has 0 spiro atoms. The number of amides is 2. The van der Waals surface area contributed by atoms with Crippen molar-refractivity contribution in [3.63, 3.8) is 0 Å². The summed E-state index contributed by atoms with van der Waals surface area (Å²) in [6, 6.07) is 7.47. The fourth-order valence-electron chi connectivity index (χ4n) is 2.79. The number of rotatable bonds is 2. The van der Waals surface area contributed by atoms with Crippen LogP contribution in [-0.2, 0) is 0 Å². The molecule has 3 heterocycles. The van der Waals surface area contributed by atoms with Crippen LogP contribution in [0.2, 0.25) is 0 Å². The van der Waals surface area contributed by atoms with Crippen LogP contribution in [0.15, 0.2) is 42.9 Å². The van der Waals surface area contributed by atoms with E-state index in [9.17, 15) is 9.18 Å². The number of urea groups is 1. The molecule has 2 amide bonds. The molecule has 3 aromatic rings. The quantitative estimate of drug-likeness (QED) is 0.766. The maximum atomic E-state index is 12.9. The van der Waals surface area contributed by atoms with Crippen LogP contribution in [0.1, 0.15) is 0 Å². The van der Waals surface area contributed by atoms with Gasteiger partial charge in [0.2, 0.25) is 0 Å². The number of halogens is 1. The number of carbonyl (C=O) groups excluding carboxylic acids is 1.